The third-order valence-electron chi connectivity index (χ3n) is 2.80. The number of hydrogen-bond donors (Lipinski definition) is 2. The van der Waals surface area contributed by atoms with Crippen molar-refractivity contribution in [3.05, 3.63) is 0 Å². The lowest BCUT2D eigenvalue weighted by Crippen LogP contribution is -2.43. The van der Waals surface area contributed by atoms with E-state index >= 15 is 0 Å². The Morgan fingerprint density at radius 2 is 1.94 bits per heavy atom. The molecule has 0 amide bonds. The van der Waals surface area contributed by atoms with E-state index in [0.29, 0.717) is 6.42 Å². The number of carbonyl (C=O) groups is 1. The second-order valence-corrected chi connectivity index (χ2v) is 6.13. The summed E-state index contributed by atoms with van der Waals surface area (Å²) in [6.07, 6.45) is -4.12. The summed E-state index contributed by atoms with van der Waals surface area (Å²) in [5.74, 6) is -4.19. The lowest BCUT2D eigenvalue weighted by Gasteiger charge is -2.30. The number of hydrogen-bond acceptors (Lipinski definition) is 3. The Balaban J connectivity index is 2.61. The first-order chi connectivity index (χ1) is 8.10. The van der Waals surface area contributed by atoms with Gasteiger partial charge in [-0.2, -0.15) is 13.2 Å². The van der Waals surface area contributed by atoms with Crippen LogP contribution in [0.15, 0.2) is 0 Å². The van der Waals surface area contributed by atoms with E-state index in [1.165, 1.54) is 0 Å². The first kappa shape index (κ1) is 15.2. The van der Waals surface area contributed by atoms with E-state index in [1.807, 2.05) is 4.72 Å². The molecule has 2 N–H and O–H groups in total. The molecule has 1 fully saturated rings. The highest BCUT2D eigenvalue weighted by atomic mass is 32.2. The van der Waals surface area contributed by atoms with E-state index in [2.05, 4.69) is 0 Å². The molecule has 1 aliphatic carbocycles. The fourth-order valence-electron chi connectivity index (χ4n) is 2.05. The normalized spacial score (nSPS) is 25.9. The van der Waals surface area contributed by atoms with Gasteiger partial charge in [0.2, 0.25) is 10.0 Å². The van der Waals surface area contributed by atoms with Gasteiger partial charge in [0.1, 0.15) is 0 Å². The Bertz CT molecular complexity index is 407. The van der Waals surface area contributed by atoms with Crippen molar-refractivity contribution in [2.75, 3.05) is 5.75 Å². The number of aliphatic carboxylic acids is 1. The molecule has 0 spiro atoms. The monoisotopic (exact) mass is 289 g/mol. The van der Waals surface area contributed by atoms with Gasteiger partial charge in [-0.25, -0.2) is 13.1 Å². The molecule has 0 saturated heterocycles. The molecule has 18 heavy (non-hydrogen) atoms. The number of alkyl halides is 3. The Morgan fingerprint density at radius 1 is 1.33 bits per heavy atom. The van der Waals surface area contributed by atoms with Crippen molar-refractivity contribution in [2.24, 2.45) is 5.92 Å². The third kappa shape index (κ3) is 4.81. The molecule has 0 aromatic carbocycles. The van der Waals surface area contributed by atoms with Gasteiger partial charge in [0.15, 0.2) is 5.75 Å². The summed E-state index contributed by atoms with van der Waals surface area (Å²) in [4.78, 5) is 10.3. The van der Waals surface area contributed by atoms with E-state index in [-0.39, 0.29) is 19.3 Å². The number of carboxylic acid groups (broad SMARTS) is 1. The van der Waals surface area contributed by atoms with Gasteiger partial charge in [-0.05, 0) is 19.3 Å². The van der Waals surface area contributed by atoms with E-state index in [9.17, 15) is 26.4 Å². The van der Waals surface area contributed by atoms with Crippen LogP contribution < -0.4 is 4.72 Å². The van der Waals surface area contributed by atoms with Crippen LogP contribution in [-0.4, -0.2) is 37.5 Å². The second-order valence-electron chi connectivity index (χ2n) is 4.37. The smallest absolute Gasteiger partial charge is 0.391 e. The molecule has 9 heteroatoms. The van der Waals surface area contributed by atoms with E-state index in [4.69, 9.17) is 5.11 Å². The van der Waals surface area contributed by atoms with Crippen molar-refractivity contribution in [3.8, 4) is 0 Å². The topological polar surface area (TPSA) is 83.5 Å². The fourth-order valence-corrected chi connectivity index (χ4v) is 3.18. The number of sulfonamides is 1. The second kappa shape index (κ2) is 5.43. The van der Waals surface area contributed by atoms with Crippen LogP contribution in [0.2, 0.25) is 0 Å². The highest BCUT2D eigenvalue weighted by Crippen LogP contribution is 2.37. The maximum Gasteiger partial charge on any atom is 0.391 e. The van der Waals surface area contributed by atoms with Gasteiger partial charge >= 0.3 is 12.1 Å². The molecular formula is C9H14F3NO4S. The van der Waals surface area contributed by atoms with Crippen LogP contribution in [0, 0.1) is 5.92 Å². The minimum absolute atomic E-state index is 0.0132. The van der Waals surface area contributed by atoms with Gasteiger partial charge in [0, 0.05) is 6.04 Å². The molecule has 1 saturated carbocycles. The summed E-state index contributed by atoms with van der Waals surface area (Å²) in [7, 11) is -4.07. The molecule has 0 aromatic heterocycles. The van der Waals surface area contributed by atoms with Gasteiger partial charge in [0.05, 0.1) is 5.92 Å². The first-order valence-corrected chi connectivity index (χ1v) is 7.04. The van der Waals surface area contributed by atoms with Crippen LogP contribution in [0.3, 0.4) is 0 Å². The largest absolute Gasteiger partial charge is 0.480 e. The quantitative estimate of drug-likeness (QED) is 0.812. The lowest BCUT2D eigenvalue weighted by atomic mass is 9.86. The van der Waals surface area contributed by atoms with Gasteiger partial charge in [-0.1, -0.05) is 6.42 Å². The summed E-state index contributed by atoms with van der Waals surface area (Å²) in [5.41, 5.74) is 0. The number of carboxylic acids is 1. The zero-order chi connectivity index (χ0) is 14.0. The van der Waals surface area contributed by atoms with Crippen LogP contribution in [0.4, 0.5) is 13.2 Å². The highest BCUT2D eigenvalue weighted by molar-refractivity contribution is 7.90. The molecule has 2 atom stereocenters. The highest BCUT2D eigenvalue weighted by Gasteiger charge is 2.42. The molecule has 1 aliphatic rings. The summed E-state index contributed by atoms with van der Waals surface area (Å²) in [5, 5.41) is 8.36. The van der Waals surface area contributed by atoms with Crippen LogP contribution in [0.25, 0.3) is 0 Å². The Morgan fingerprint density at radius 3 is 2.44 bits per heavy atom. The maximum absolute atomic E-state index is 12.5. The Hall–Kier alpha value is -0.830. The van der Waals surface area contributed by atoms with Crippen molar-refractivity contribution < 1.29 is 31.5 Å². The predicted molar refractivity (Wildman–Crippen MR) is 56.4 cm³/mol. The summed E-state index contributed by atoms with van der Waals surface area (Å²) in [6.45, 7) is 0. The van der Waals surface area contributed by atoms with Crippen molar-refractivity contribution in [1.82, 2.24) is 4.72 Å². The van der Waals surface area contributed by atoms with Crippen LogP contribution in [0.5, 0.6) is 0 Å². The standard InChI is InChI=1S/C9H14F3NO4S/c10-9(11,12)6-2-1-3-7(4-6)13-18(16,17)5-8(14)15/h6-7,13H,1-5H2,(H,14,15). The zero-order valence-corrected chi connectivity index (χ0v) is 10.2. The molecule has 5 nitrogen and oxygen atoms in total. The number of halogens is 3. The Kier molecular flexibility index (Phi) is 4.60. The summed E-state index contributed by atoms with van der Waals surface area (Å²) >= 11 is 0. The molecule has 106 valence electrons. The van der Waals surface area contributed by atoms with Crippen LogP contribution in [-0.2, 0) is 14.8 Å². The SMILES string of the molecule is O=C(O)CS(=O)(=O)NC1CCCC(C(F)(F)F)C1. The number of nitrogens with one attached hydrogen (secondary N) is 1. The predicted octanol–water partition coefficient (Wildman–Crippen LogP) is 1.11. The van der Waals surface area contributed by atoms with Gasteiger partial charge < -0.3 is 5.11 Å². The molecule has 0 heterocycles. The van der Waals surface area contributed by atoms with Crippen molar-refractivity contribution >= 4 is 16.0 Å². The molecule has 2 unspecified atom stereocenters. The van der Waals surface area contributed by atoms with E-state index in [0.717, 1.165) is 0 Å². The van der Waals surface area contributed by atoms with Crippen molar-refractivity contribution in [3.63, 3.8) is 0 Å². The lowest BCUT2D eigenvalue weighted by molar-refractivity contribution is -0.183. The molecular weight excluding hydrogens is 275 g/mol. The van der Waals surface area contributed by atoms with Crippen LogP contribution in [0.1, 0.15) is 25.7 Å². The average Bonchev–Trinajstić information content (AvgIpc) is 2.13. The van der Waals surface area contributed by atoms with Crippen molar-refractivity contribution in [2.45, 2.75) is 37.9 Å². The van der Waals surface area contributed by atoms with Gasteiger partial charge in [0.25, 0.3) is 0 Å². The van der Waals surface area contributed by atoms with Crippen molar-refractivity contribution in [1.29, 1.82) is 0 Å². The number of rotatable bonds is 4. The molecule has 0 radical (unpaired) electrons. The minimum Gasteiger partial charge on any atom is -0.480 e. The van der Waals surface area contributed by atoms with E-state index in [1.54, 1.807) is 0 Å². The minimum atomic E-state index is -4.34. The average molecular weight is 289 g/mol. The summed E-state index contributed by atoms with van der Waals surface area (Å²) < 4.78 is 62.1. The molecule has 0 bridgehead atoms. The van der Waals surface area contributed by atoms with Gasteiger partial charge in [-0.3, -0.25) is 4.79 Å². The molecule has 0 aromatic rings. The maximum atomic E-state index is 12.5. The Labute approximate surface area is 102 Å². The first-order valence-electron chi connectivity index (χ1n) is 5.38. The molecule has 0 aliphatic heterocycles. The van der Waals surface area contributed by atoms with Gasteiger partial charge in [-0.15, -0.1) is 0 Å². The fraction of sp³-hybridized carbons (Fsp3) is 0.889. The summed E-state index contributed by atoms with van der Waals surface area (Å²) in [6, 6.07) is -0.838. The van der Waals surface area contributed by atoms with E-state index < -0.39 is 39.9 Å². The third-order valence-corrected chi connectivity index (χ3v) is 4.12. The zero-order valence-electron chi connectivity index (χ0n) is 9.40. The van der Waals surface area contributed by atoms with Crippen LogP contribution >= 0.6 is 0 Å². The molecule has 1 rings (SSSR count).